The molecule has 0 spiro atoms. The van der Waals surface area contributed by atoms with Gasteiger partial charge in [-0.2, -0.15) is 5.26 Å². The van der Waals surface area contributed by atoms with Gasteiger partial charge in [-0.15, -0.1) is 0 Å². The standard InChI is InChI=1S/C21H18FN7O/c1-12(13-2-5-15(22)6-3-13)28-21(30)29-19-8-18(24)17(11-27-19)20(25)14-4-7-16(9-23)26-10-14/h2-8,10-12,25H,1H3,(H4,24,27,28,29,30). The molecule has 0 aliphatic carbocycles. The van der Waals surface area contributed by atoms with Crippen LogP contribution in [-0.4, -0.2) is 21.7 Å². The van der Waals surface area contributed by atoms with Crippen LogP contribution in [0.5, 0.6) is 0 Å². The van der Waals surface area contributed by atoms with Crippen LogP contribution in [-0.2, 0) is 0 Å². The molecule has 5 N–H and O–H groups in total. The number of carbonyl (C=O) groups is 1. The summed E-state index contributed by atoms with van der Waals surface area (Å²) in [6.45, 7) is 1.77. The van der Waals surface area contributed by atoms with Gasteiger partial charge >= 0.3 is 6.03 Å². The van der Waals surface area contributed by atoms with Gasteiger partial charge in [0, 0.05) is 35.3 Å². The normalized spacial score (nSPS) is 11.2. The van der Waals surface area contributed by atoms with E-state index < -0.39 is 6.03 Å². The SMILES string of the molecule is CC(NC(=O)Nc1cc(N)c(C(=N)c2ccc(C#N)nc2)cn1)c1ccc(F)cc1. The van der Waals surface area contributed by atoms with E-state index in [0.717, 1.165) is 5.56 Å². The molecule has 0 fully saturated rings. The number of halogens is 1. The van der Waals surface area contributed by atoms with Crippen LogP contribution in [0.3, 0.4) is 0 Å². The molecule has 3 aromatic rings. The summed E-state index contributed by atoms with van der Waals surface area (Å²) < 4.78 is 13.0. The average Bonchev–Trinajstić information content (AvgIpc) is 2.74. The van der Waals surface area contributed by atoms with Crippen molar-refractivity contribution in [3.8, 4) is 6.07 Å². The highest BCUT2D eigenvalue weighted by molar-refractivity contribution is 6.13. The predicted octanol–water partition coefficient (Wildman–Crippen LogP) is 3.37. The van der Waals surface area contributed by atoms with Gasteiger partial charge in [0.15, 0.2) is 0 Å². The van der Waals surface area contributed by atoms with E-state index >= 15 is 0 Å². The Labute approximate surface area is 172 Å². The Hall–Kier alpha value is -4.32. The number of amides is 2. The Morgan fingerprint density at radius 3 is 2.53 bits per heavy atom. The van der Waals surface area contributed by atoms with E-state index in [4.69, 9.17) is 16.4 Å². The van der Waals surface area contributed by atoms with Crippen molar-refractivity contribution in [3.05, 3.63) is 83.1 Å². The topological polar surface area (TPSA) is 141 Å². The van der Waals surface area contributed by atoms with Gasteiger partial charge in [-0.3, -0.25) is 10.7 Å². The summed E-state index contributed by atoms with van der Waals surface area (Å²) in [6, 6.07) is 11.5. The third-order valence-corrected chi connectivity index (χ3v) is 4.33. The molecule has 2 amide bonds. The van der Waals surface area contributed by atoms with Gasteiger partial charge in [-0.05, 0) is 36.8 Å². The fourth-order valence-electron chi connectivity index (χ4n) is 2.70. The van der Waals surface area contributed by atoms with Crippen LogP contribution in [0.2, 0.25) is 0 Å². The van der Waals surface area contributed by atoms with E-state index in [2.05, 4.69) is 20.6 Å². The van der Waals surface area contributed by atoms with Crippen molar-refractivity contribution < 1.29 is 9.18 Å². The van der Waals surface area contributed by atoms with Gasteiger partial charge in [0.25, 0.3) is 0 Å². The number of hydrogen-bond acceptors (Lipinski definition) is 6. The number of aromatic nitrogens is 2. The van der Waals surface area contributed by atoms with Gasteiger partial charge in [0.2, 0.25) is 0 Å². The number of nitrogens with one attached hydrogen (secondary N) is 3. The summed E-state index contributed by atoms with van der Waals surface area (Å²) in [6.07, 6.45) is 2.80. The summed E-state index contributed by atoms with van der Waals surface area (Å²) in [4.78, 5) is 20.3. The molecule has 30 heavy (non-hydrogen) atoms. The van der Waals surface area contributed by atoms with E-state index in [9.17, 15) is 9.18 Å². The molecule has 0 aliphatic heterocycles. The quantitative estimate of drug-likeness (QED) is 0.483. The van der Waals surface area contributed by atoms with Crippen LogP contribution >= 0.6 is 0 Å². The number of nitrogens with zero attached hydrogens (tertiary/aromatic N) is 3. The van der Waals surface area contributed by atoms with Crippen molar-refractivity contribution in [2.24, 2.45) is 0 Å². The van der Waals surface area contributed by atoms with E-state index in [0.29, 0.717) is 11.1 Å². The molecule has 3 rings (SSSR count). The molecule has 1 unspecified atom stereocenters. The largest absolute Gasteiger partial charge is 0.398 e. The second-order valence-electron chi connectivity index (χ2n) is 6.45. The van der Waals surface area contributed by atoms with Crippen LogP contribution in [0.15, 0.2) is 54.9 Å². The van der Waals surface area contributed by atoms with E-state index in [1.54, 1.807) is 25.1 Å². The minimum atomic E-state index is -0.502. The Bertz CT molecular complexity index is 1120. The van der Waals surface area contributed by atoms with E-state index in [1.807, 2.05) is 6.07 Å². The smallest absolute Gasteiger partial charge is 0.320 e. The number of nitrogen functional groups attached to an aromatic ring is 1. The fraction of sp³-hybridized carbons (Fsp3) is 0.0952. The molecule has 1 aromatic carbocycles. The molecule has 0 bridgehead atoms. The number of hydrogen-bond donors (Lipinski definition) is 4. The molecular weight excluding hydrogens is 385 g/mol. The molecular formula is C21H18FN7O. The van der Waals surface area contributed by atoms with Crippen LogP contribution in [0.25, 0.3) is 0 Å². The van der Waals surface area contributed by atoms with Crippen molar-refractivity contribution in [2.75, 3.05) is 11.1 Å². The lowest BCUT2D eigenvalue weighted by Crippen LogP contribution is -2.31. The zero-order chi connectivity index (χ0) is 21.7. The molecule has 0 radical (unpaired) electrons. The molecule has 0 saturated carbocycles. The predicted molar refractivity (Wildman–Crippen MR) is 111 cm³/mol. The van der Waals surface area contributed by atoms with E-state index in [-0.39, 0.29) is 34.8 Å². The first-order valence-corrected chi connectivity index (χ1v) is 8.91. The van der Waals surface area contributed by atoms with Gasteiger partial charge in [0.1, 0.15) is 23.4 Å². The van der Waals surface area contributed by atoms with Crippen LogP contribution in [0.1, 0.15) is 35.3 Å². The first-order chi connectivity index (χ1) is 14.4. The minimum Gasteiger partial charge on any atom is -0.398 e. The van der Waals surface area contributed by atoms with Crippen LogP contribution in [0, 0.1) is 22.6 Å². The lowest BCUT2D eigenvalue weighted by Gasteiger charge is -2.15. The molecule has 0 saturated heterocycles. The number of pyridine rings is 2. The lowest BCUT2D eigenvalue weighted by atomic mass is 10.0. The maximum Gasteiger partial charge on any atom is 0.320 e. The monoisotopic (exact) mass is 403 g/mol. The Morgan fingerprint density at radius 1 is 1.20 bits per heavy atom. The van der Waals surface area contributed by atoms with Crippen molar-refractivity contribution >= 4 is 23.2 Å². The first-order valence-electron chi connectivity index (χ1n) is 8.91. The fourth-order valence-corrected chi connectivity index (χ4v) is 2.70. The summed E-state index contributed by atoms with van der Waals surface area (Å²) in [5.41, 5.74) is 8.23. The van der Waals surface area contributed by atoms with Crippen LogP contribution < -0.4 is 16.4 Å². The number of nitriles is 1. The maximum absolute atomic E-state index is 13.0. The second kappa shape index (κ2) is 8.79. The summed E-state index contributed by atoms with van der Waals surface area (Å²) in [5.74, 6) is -0.136. The van der Waals surface area contributed by atoms with Crippen molar-refractivity contribution in [2.45, 2.75) is 13.0 Å². The third kappa shape index (κ3) is 4.74. The molecule has 9 heteroatoms. The van der Waals surface area contributed by atoms with Crippen molar-refractivity contribution in [1.29, 1.82) is 10.7 Å². The summed E-state index contributed by atoms with van der Waals surface area (Å²) in [7, 11) is 0. The zero-order valence-corrected chi connectivity index (χ0v) is 16.0. The maximum atomic E-state index is 13.0. The van der Waals surface area contributed by atoms with Gasteiger partial charge in [-0.1, -0.05) is 12.1 Å². The van der Waals surface area contributed by atoms with Gasteiger partial charge in [0.05, 0.1) is 11.8 Å². The van der Waals surface area contributed by atoms with E-state index in [1.165, 1.54) is 36.7 Å². The van der Waals surface area contributed by atoms with Crippen LogP contribution in [0.4, 0.5) is 20.7 Å². The molecule has 2 aromatic heterocycles. The molecule has 150 valence electrons. The number of benzene rings is 1. The summed E-state index contributed by atoms with van der Waals surface area (Å²) >= 11 is 0. The van der Waals surface area contributed by atoms with Crippen molar-refractivity contribution in [3.63, 3.8) is 0 Å². The molecule has 1 atom stereocenters. The number of urea groups is 1. The van der Waals surface area contributed by atoms with Gasteiger partial charge < -0.3 is 11.1 Å². The highest BCUT2D eigenvalue weighted by Crippen LogP contribution is 2.19. The number of rotatable bonds is 5. The third-order valence-electron chi connectivity index (χ3n) is 4.33. The second-order valence-corrected chi connectivity index (χ2v) is 6.45. The number of carbonyl (C=O) groups excluding carboxylic acids is 1. The Balaban J connectivity index is 1.67. The lowest BCUT2D eigenvalue weighted by molar-refractivity contribution is 0.249. The minimum absolute atomic E-state index is 0.0953. The highest BCUT2D eigenvalue weighted by atomic mass is 19.1. The first kappa shape index (κ1) is 20.4. The summed E-state index contributed by atoms with van der Waals surface area (Å²) in [5, 5.41) is 22.4. The molecule has 0 aliphatic rings. The number of anilines is 2. The molecule has 2 heterocycles. The Kier molecular flexibility index (Phi) is 5.98. The zero-order valence-electron chi connectivity index (χ0n) is 16.0. The van der Waals surface area contributed by atoms with Crippen molar-refractivity contribution in [1.82, 2.24) is 15.3 Å². The molecule has 8 nitrogen and oxygen atoms in total. The highest BCUT2D eigenvalue weighted by Gasteiger charge is 2.14. The van der Waals surface area contributed by atoms with Gasteiger partial charge in [-0.25, -0.2) is 19.2 Å². The average molecular weight is 403 g/mol. The Morgan fingerprint density at radius 2 is 1.93 bits per heavy atom. The number of nitrogens with two attached hydrogens (primary N) is 1.